The number of benzene rings is 2. The second kappa shape index (κ2) is 10.0. The summed E-state index contributed by atoms with van der Waals surface area (Å²) in [4.78, 5) is 12.6. The molecule has 29 heavy (non-hydrogen) atoms. The Kier molecular flexibility index (Phi) is 7.99. The number of nitrogens with one attached hydrogen (secondary N) is 1. The Bertz CT molecular complexity index is 921. The second-order valence-electron chi connectivity index (χ2n) is 8.03. The number of carbonyl (C=O) groups excluding carboxylic acids is 1. The van der Waals surface area contributed by atoms with Crippen molar-refractivity contribution in [2.45, 2.75) is 51.0 Å². The minimum Gasteiger partial charge on any atom is -0.332 e. The van der Waals surface area contributed by atoms with E-state index >= 15 is 0 Å². The van der Waals surface area contributed by atoms with Crippen molar-refractivity contribution in [3.05, 3.63) is 59.7 Å². The molecule has 6 heteroatoms. The number of rotatable bonds is 9. The van der Waals surface area contributed by atoms with Crippen LogP contribution in [0.5, 0.6) is 0 Å². The first kappa shape index (κ1) is 23.1. The molecule has 2 aromatic rings. The number of amides is 1. The highest BCUT2D eigenvalue weighted by Gasteiger charge is 2.21. The molecule has 0 radical (unpaired) electrons. The van der Waals surface area contributed by atoms with Crippen LogP contribution in [-0.2, 0) is 14.6 Å². The van der Waals surface area contributed by atoms with Crippen molar-refractivity contribution in [1.29, 1.82) is 0 Å². The van der Waals surface area contributed by atoms with Gasteiger partial charge < -0.3 is 10.6 Å². The summed E-state index contributed by atoms with van der Waals surface area (Å²) in [6, 6.07) is 15.2. The van der Waals surface area contributed by atoms with E-state index in [0.717, 1.165) is 12.7 Å². The first-order valence-corrected chi connectivity index (χ1v) is 12.0. The van der Waals surface area contributed by atoms with Gasteiger partial charge in [-0.1, -0.05) is 58.0 Å². The van der Waals surface area contributed by atoms with E-state index in [1.165, 1.54) is 23.3 Å². The largest absolute Gasteiger partial charge is 0.332 e. The molecule has 0 saturated heterocycles. The van der Waals surface area contributed by atoms with Crippen molar-refractivity contribution < 1.29 is 18.5 Å². The Morgan fingerprint density at radius 3 is 2.21 bits per heavy atom. The fourth-order valence-electron chi connectivity index (χ4n) is 3.33. The van der Waals surface area contributed by atoms with E-state index in [0.29, 0.717) is 17.5 Å². The first-order chi connectivity index (χ1) is 13.6. The quantitative estimate of drug-likeness (QED) is 0.655. The Hall–Kier alpha value is -2.18. The van der Waals surface area contributed by atoms with Crippen LogP contribution in [0.3, 0.4) is 0 Å². The third-order valence-corrected chi connectivity index (χ3v) is 6.43. The van der Waals surface area contributed by atoms with Gasteiger partial charge in [-0.25, -0.2) is 8.42 Å². The van der Waals surface area contributed by atoms with Gasteiger partial charge in [0.1, 0.15) is 6.04 Å². The summed E-state index contributed by atoms with van der Waals surface area (Å²) in [6.45, 7) is 8.98. The van der Waals surface area contributed by atoms with Gasteiger partial charge in [0.05, 0.1) is 4.90 Å². The van der Waals surface area contributed by atoms with Gasteiger partial charge in [0, 0.05) is 23.4 Å². The van der Waals surface area contributed by atoms with Crippen molar-refractivity contribution in [1.82, 2.24) is 0 Å². The summed E-state index contributed by atoms with van der Waals surface area (Å²) in [7, 11) is -3.31. The van der Waals surface area contributed by atoms with Gasteiger partial charge in [0.25, 0.3) is 5.91 Å². The SMILES string of the molecule is CC[C@@H](C)c1ccc([C@@H]([NH2+]CC(=O)Nc2cccc(S(C)(=O)=O)c2)C(C)C)cc1. The normalized spacial score (nSPS) is 13.9. The van der Waals surface area contributed by atoms with Crippen LogP contribution in [0.15, 0.2) is 53.4 Å². The van der Waals surface area contributed by atoms with Gasteiger partial charge in [0.2, 0.25) is 0 Å². The van der Waals surface area contributed by atoms with E-state index in [1.807, 2.05) is 5.32 Å². The average molecular weight is 418 g/mol. The third-order valence-electron chi connectivity index (χ3n) is 5.32. The molecule has 5 nitrogen and oxygen atoms in total. The molecule has 1 amide bonds. The monoisotopic (exact) mass is 417 g/mol. The zero-order valence-corrected chi connectivity index (χ0v) is 18.8. The Morgan fingerprint density at radius 2 is 1.66 bits per heavy atom. The summed E-state index contributed by atoms with van der Waals surface area (Å²) < 4.78 is 23.4. The lowest BCUT2D eigenvalue weighted by Crippen LogP contribution is -2.88. The van der Waals surface area contributed by atoms with Crippen LogP contribution >= 0.6 is 0 Å². The lowest BCUT2D eigenvalue weighted by atomic mass is 9.92. The van der Waals surface area contributed by atoms with E-state index in [1.54, 1.807) is 12.1 Å². The highest BCUT2D eigenvalue weighted by atomic mass is 32.2. The lowest BCUT2D eigenvalue weighted by molar-refractivity contribution is -0.692. The molecule has 0 aliphatic rings. The van der Waals surface area contributed by atoms with E-state index in [-0.39, 0.29) is 23.4 Å². The van der Waals surface area contributed by atoms with Gasteiger partial charge in [-0.15, -0.1) is 0 Å². The average Bonchev–Trinajstić information content (AvgIpc) is 2.67. The predicted molar refractivity (Wildman–Crippen MR) is 118 cm³/mol. The molecule has 0 fully saturated rings. The maximum absolute atomic E-state index is 12.4. The van der Waals surface area contributed by atoms with Crippen LogP contribution in [0.1, 0.15) is 57.2 Å². The highest BCUT2D eigenvalue weighted by molar-refractivity contribution is 7.90. The molecule has 0 aliphatic carbocycles. The van der Waals surface area contributed by atoms with E-state index in [2.05, 4.69) is 57.3 Å². The van der Waals surface area contributed by atoms with Gasteiger partial charge in [-0.2, -0.15) is 0 Å². The predicted octanol–water partition coefficient (Wildman–Crippen LogP) is 3.50. The second-order valence-corrected chi connectivity index (χ2v) is 10.0. The van der Waals surface area contributed by atoms with Gasteiger partial charge >= 0.3 is 0 Å². The number of hydrogen-bond acceptors (Lipinski definition) is 3. The molecule has 0 bridgehead atoms. The molecule has 0 spiro atoms. The summed E-state index contributed by atoms with van der Waals surface area (Å²) >= 11 is 0. The number of hydrogen-bond donors (Lipinski definition) is 2. The maximum atomic E-state index is 12.4. The standard InChI is InChI=1S/C23H32N2O3S/c1-6-17(4)18-10-12-19(13-11-18)23(16(2)3)24-15-22(26)25-20-8-7-9-21(14-20)29(5,27)28/h7-14,16-17,23-24H,6,15H2,1-5H3,(H,25,26)/p+1/t17-,23+/m1/s1. The first-order valence-electron chi connectivity index (χ1n) is 10.1. The van der Waals surface area contributed by atoms with Crippen LogP contribution in [0.4, 0.5) is 5.69 Å². The zero-order valence-electron chi connectivity index (χ0n) is 18.0. The van der Waals surface area contributed by atoms with E-state index < -0.39 is 9.84 Å². The lowest BCUT2D eigenvalue weighted by Gasteiger charge is -2.20. The molecule has 0 aromatic heterocycles. The molecule has 0 unspecified atom stereocenters. The minimum absolute atomic E-state index is 0.155. The molecule has 0 saturated carbocycles. The van der Waals surface area contributed by atoms with Crippen molar-refractivity contribution >= 4 is 21.4 Å². The zero-order chi connectivity index (χ0) is 21.6. The maximum Gasteiger partial charge on any atom is 0.279 e. The highest BCUT2D eigenvalue weighted by Crippen LogP contribution is 2.23. The van der Waals surface area contributed by atoms with Crippen molar-refractivity contribution in [2.75, 3.05) is 18.1 Å². The van der Waals surface area contributed by atoms with Crippen LogP contribution in [0.2, 0.25) is 0 Å². The minimum atomic E-state index is -3.31. The van der Waals surface area contributed by atoms with Crippen LogP contribution in [-0.4, -0.2) is 27.1 Å². The topological polar surface area (TPSA) is 79.8 Å². The van der Waals surface area contributed by atoms with Crippen LogP contribution < -0.4 is 10.6 Å². The molecule has 2 aromatic carbocycles. The molecule has 2 atom stereocenters. The van der Waals surface area contributed by atoms with Gasteiger partial charge in [-0.3, -0.25) is 4.79 Å². The fraction of sp³-hybridized carbons (Fsp3) is 0.435. The van der Waals surface area contributed by atoms with Gasteiger partial charge in [-0.05, 0) is 36.1 Å². The number of quaternary nitrogens is 1. The van der Waals surface area contributed by atoms with Crippen molar-refractivity contribution in [3.63, 3.8) is 0 Å². The van der Waals surface area contributed by atoms with E-state index in [4.69, 9.17) is 0 Å². The number of anilines is 1. The molecule has 158 valence electrons. The molecular weight excluding hydrogens is 384 g/mol. The number of nitrogens with two attached hydrogens (primary N) is 1. The Morgan fingerprint density at radius 1 is 1.03 bits per heavy atom. The molecule has 2 rings (SSSR count). The fourth-order valence-corrected chi connectivity index (χ4v) is 3.99. The van der Waals surface area contributed by atoms with E-state index in [9.17, 15) is 13.2 Å². The van der Waals surface area contributed by atoms with Crippen molar-refractivity contribution in [3.8, 4) is 0 Å². The third kappa shape index (κ3) is 6.68. The summed E-state index contributed by atoms with van der Waals surface area (Å²) in [5.41, 5.74) is 3.03. The van der Waals surface area contributed by atoms with Gasteiger partial charge in [0.15, 0.2) is 16.4 Å². The number of sulfone groups is 1. The molecule has 0 aliphatic heterocycles. The summed E-state index contributed by atoms with van der Waals surface area (Å²) in [5.74, 6) is 0.752. The Balaban J connectivity index is 2.03. The number of carbonyl (C=O) groups is 1. The Labute approximate surface area is 174 Å². The van der Waals surface area contributed by atoms with Crippen LogP contribution in [0.25, 0.3) is 0 Å². The van der Waals surface area contributed by atoms with Crippen molar-refractivity contribution in [2.24, 2.45) is 5.92 Å². The summed E-state index contributed by atoms with van der Waals surface area (Å²) in [5, 5.41) is 4.84. The molecule has 0 heterocycles. The van der Waals surface area contributed by atoms with Crippen LogP contribution in [0, 0.1) is 5.92 Å². The molecular formula is C23H33N2O3S+. The molecule has 3 N–H and O–H groups in total. The smallest absolute Gasteiger partial charge is 0.279 e. The summed E-state index contributed by atoms with van der Waals surface area (Å²) in [6.07, 6.45) is 2.27.